The second-order valence-electron chi connectivity index (χ2n) is 8.55. The Labute approximate surface area is 188 Å². The molecule has 1 atom stereocenters. The molecule has 0 saturated carbocycles. The lowest BCUT2D eigenvalue weighted by molar-refractivity contribution is -0.136. The molecule has 0 bridgehead atoms. The Hall–Kier alpha value is -2.81. The van der Waals surface area contributed by atoms with E-state index in [1.165, 1.54) is 4.90 Å². The van der Waals surface area contributed by atoms with Crippen LogP contribution in [0.3, 0.4) is 0 Å². The van der Waals surface area contributed by atoms with Crippen molar-refractivity contribution in [2.24, 2.45) is 0 Å². The van der Waals surface area contributed by atoms with Crippen LogP contribution < -0.4 is 0 Å². The summed E-state index contributed by atoms with van der Waals surface area (Å²) in [5.74, 6) is -0.163. The van der Waals surface area contributed by atoms with Crippen molar-refractivity contribution in [1.82, 2.24) is 19.7 Å². The van der Waals surface area contributed by atoms with Crippen LogP contribution in [0.15, 0.2) is 54.7 Å². The number of pyridine rings is 1. The highest BCUT2D eigenvalue weighted by molar-refractivity contribution is 6.07. The van der Waals surface area contributed by atoms with Gasteiger partial charge in [-0.2, -0.15) is 0 Å². The number of aliphatic hydroxyl groups is 2. The number of benzene rings is 1. The third-order valence-corrected chi connectivity index (χ3v) is 6.50. The number of β-amino-alcohol motifs (C(OH)–C–C–N with tert-alkyl or cyclic N) is 1. The molecule has 0 radical (unpaired) electrons. The van der Waals surface area contributed by atoms with Gasteiger partial charge in [0.05, 0.1) is 24.9 Å². The molecule has 32 heavy (non-hydrogen) atoms. The van der Waals surface area contributed by atoms with E-state index in [-0.39, 0.29) is 25.1 Å². The summed E-state index contributed by atoms with van der Waals surface area (Å²) in [4.78, 5) is 36.5. The monoisotopic (exact) mass is 438 g/mol. The molecular weight excluding hydrogens is 408 g/mol. The van der Waals surface area contributed by atoms with E-state index in [2.05, 4.69) is 4.98 Å². The van der Waals surface area contributed by atoms with E-state index in [0.717, 1.165) is 5.56 Å². The molecule has 8 nitrogen and oxygen atoms in total. The van der Waals surface area contributed by atoms with Crippen LogP contribution in [-0.2, 0) is 17.8 Å². The second kappa shape index (κ2) is 9.77. The highest BCUT2D eigenvalue weighted by atomic mass is 16.3. The number of imide groups is 1. The Morgan fingerprint density at radius 2 is 1.75 bits per heavy atom. The highest BCUT2D eigenvalue weighted by Gasteiger charge is 2.57. The molecule has 4 rings (SSSR count). The minimum atomic E-state index is -0.874. The largest absolute Gasteiger partial charge is 0.394 e. The van der Waals surface area contributed by atoms with E-state index in [1.54, 1.807) is 17.2 Å². The third kappa shape index (κ3) is 4.53. The van der Waals surface area contributed by atoms with Crippen LogP contribution in [0.25, 0.3) is 0 Å². The number of aliphatic hydroxyl groups excluding tert-OH is 2. The van der Waals surface area contributed by atoms with Gasteiger partial charge >= 0.3 is 6.03 Å². The van der Waals surface area contributed by atoms with Crippen LogP contribution in [-0.4, -0.2) is 86.3 Å². The Morgan fingerprint density at radius 1 is 1.03 bits per heavy atom. The van der Waals surface area contributed by atoms with Crippen LogP contribution in [0, 0.1) is 0 Å². The smallest absolute Gasteiger partial charge is 0.328 e. The van der Waals surface area contributed by atoms with Gasteiger partial charge in [0.1, 0.15) is 5.54 Å². The number of rotatable bonds is 8. The fraction of sp³-hybridized carbons (Fsp3) is 0.458. The topological polar surface area (TPSA) is 97.2 Å². The number of likely N-dealkylation sites (tertiary alicyclic amines) is 1. The maximum atomic E-state index is 13.6. The van der Waals surface area contributed by atoms with Crippen LogP contribution in [0.1, 0.15) is 24.1 Å². The molecule has 2 aliphatic heterocycles. The summed E-state index contributed by atoms with van der Waals surface area (Å²) in [5, 5.41) is 18.9. The Morgan fingerprint density at radius 3 is 2.41 bits per heavy atom. The average molecular weight is 439 g/mol. The summed E-state index contributed by atoms with van der Waals surface area (Å²) in [6.45, 7) is 1.85. The van der Waals surface area contributed by atoms with Gasteiger partial charge in [-0.25, -0.2) is 4.79 Å². The van der Waals surface area contributed by atoms with Crippen LogP contribution in [0.5, 0.6) is 0 Å². The SMILES string of the molecule is O=C1N(Cc2ccccn2)C(=O)C2(CCN(C[C@@H](O)CO)CC2)N1CCc1ccccc1. The molecule has 1 aromatic heterocycles. The second-order valence-corrected chi connectivity index (χ2v) is 8.55. The molecule has 2 saturated heterocycles. The van der Waals surface area contributed by atoms with Gasteiger partial charge in [-0.05, 0) is 37.0 Å². The first-order valence-corrected chi connectivity index (χ1v) is 11.1. The number of amides is 3. The molecule has 170 valence electrons. The summed E-state index contributed by atoms with van der Waals surface area (Å²) in [7, 11) is 0. The lowest BCUT2D eigenvalue weighted by Crippen LogP contribution is -2.57. The minimum Gasteiger partial charge on any atom is -0.394 e. The van der Waals surface area contributed by atoms with Gasteiger partial charge in [0.15, 0.2) is 0 Å². The van der Waals surface area contributed by atoms with E-state index in [4.69, 9.17) is 5.11 Å². The molecule has 2 aliphatic rings. The lowest BCUT2D eigenvalue weighted by Gasteiger charge is -2.42. The number of urea groups is 1. The van der Waals surface area contributed by atoms with Crippen molar-refractivity contribution in [3.8, 4) is 0 Å². The molecule has 0 unspecified atom stereocenters. The molecule has 1 spiro atoms. The standard InChI is InChI=1S/C24H30N4O4/c29-18-21(30)17-26-14-10-24(11-15-26)22(31)27(16-20-8-4-5-12-25-20)23(32)28(24)13-9-19-6-2-1-3-7-19/h1-8,12,21,29-30H,9-11,13-18H2/t21-/m1/s1. The minimum absolute atomic E-state index is 0.162. The highest BCUT2D eigenvalue weighted by Crippen LogP contribution is 2.38. The maximum Gasteiger partial charge on any atom is 0.328 e. The average Bonchev–Trinajstić information content (AvgIpc) is 3.01. The number of aromatic nitrogens is 1. The number of carbonyl (C=O) groups excluding carboxylic acids is 2. The first-order valence-electron chi connectivity index (χ1n) is 11.1. The number of piperidine rings is 1. The maximum absolute atomic E-state index is 13.6. The zero-order chi connectivity index (χ0) is 22.6. The van der Waals surface area contributed by atoms with Gasteiger partial charge in [0.25, 0.3) is 5.91 Å². The van der Waals surface area contributed by atoms with Crippen molar-refractivity contribution in [2.45, 2.75) is 37.5 Å². The first-order chi connectivity index (χ1) is 15.5. The Bertz CT molecular complexity index is 916. The number of carbonyl (C=O) groups is 2. The summed E-state index contributed by atoms with van der Waals surface area (Å²) >= 11 is 0. The quantitative estimate of drug-likeness (QED) is 0.603. The van der Waals surface area contributed by atoms with Crippen molar-refractivity contribution >= 4 is 11.9 Å². The Balaban J connectivity index is 1.54. The van der Waals surface area contributed by atoms with Gasteiger partial charge < -0.3 is 20.0 Å². The van der Waals surface area contributed by atoms with Gasteiger partial charge in [-0.15, -0.1) is 0 Å². The predicted octanol–water partition coefficient (Wildman–Crippen LogP) is 1.28. The summed E-state index contributed by atoms with van der Waals surface area (Å²) in [6, 6.07) is 15.2. The molecule has 3 heterocycles. The zero-order valence-electron chi connectivity index (χ0n) is 18.1. The van der Waals surface area contributed by atoms with Crippen LogP contribution in [0.2, 0.25) is 0 Å². The van der Waals surface area contributed by atoms with E-state index in [0.29, 0.717) is 51.1 Å². The number of hydrogen-bond donors (Lipinski definition) is 2. The molecule has 2 fully saturated rings. The van der Waals surface area contributed by atoms with Crippen LogP contribution >= 0.6 is 0 Å². The molecule has 3 amide bonds. The van der Waals surface area contributed by atoms with Gasteiger partial charge in [0, 0.05) is 32.4 Å². The summed E-state index contributed by atoms with van der Waals surface area (Å²) in [5.41, 5.74) is 0.925. The predicted molar refractivity (Wildman–Crippen MR) is 119 cm³/mol. The lowest BCUT2D eigenvalue weighted by atomic mass is 9.85. The molecule has 8 heteroatoms. The molecule has 1 aromatic carbocycles. The summed E-state index contributed by atoms with van der Waals surface area (Å²) in [6.07, 6.45) is 2.53. The molecule has 2 aromatic rings. The van der Waals surface area contributed by atoms with E-state index in [1.807, 2.05) is 47.4 Å². The third-order valence-electron chi connectivity index (χ3n) is 6.50. The zero-order valence-corrected chi connectivity index (χ0v) is 18.1. The molecule has 0 aliphatic carbocycles. The van der Waals surface area contributed by atoms with Gasteiger partial charge in [-0.1, -0.05) is 36.4 Å². The fourth-order valence-electron chi connectivity index (χ4n) is 4.72. The summed E-state index contributed by atoms with van der Waals surface area (Å²) < 4.78 is 0. The van der Waals surface area contributed by atoms with Gasteiger partial charge in [0.2, 0.25) is 0 Å². The van der Waals surface area contributed by atoms with E-state index < -0.39 is 11.6 Å². The van der Waals surface area contributed by atoms with Gasteiger partial charge in [-0.3, -0.25) is 14.7 Å². The van der Waals surface area contributed by atoms with Crippen molar-refractivity contribution < 1.29 is 19.8 Å². The Kier molecular flexibility index (Phi) is 6.83. The van der Waals surface area contributed by atoms with Crippen molar-refractivity contribution in [3.05, 3.63) is 66.0 Å². The number of hydrogen-bond acceptors (Lipinski definition) is 6. The van der Waals surface area contributed by atoms with Crippen molar-refractivity contribution in [1.29, 1.82) is 0 Å². The molecule has 2 N–H and O–H groups in total. The van der Waals surface area contributed by atoms with Crippen molar-refractivity contribution in [3.63, 3.8) is 0 Å². The fourth-order valence-corrected chi connectivity index (χ4v) is 4.72. The normalized spacial score (nSPS) is 19.7. The van der Waals surface area contributed by atoms with E-state index >= 15 is 0 Å². The number of nitrogens with zero attached hydrogens (tertiary/aromatic N) is 4. The van der Waals surface area contributed by atoms with E-state index in [9.17, 15) is 14.7 Å². The first kappa shape index (κ1) is 22.4. The van der Waals surface area contributed by atoms with Crippen LogP contribution in [0.4, 0.5) is 4.79 Å². The van der Waals surface area contributed by atoms with Crippen molar-refractivity contribution in [2.75, 3.05) is 32.8 Å². The molecular formula is C24H30N4O4.